The Labute approximate surface area is 124 Å². The van der Waals surface area contributed by atoms with Gasteiger partial charge in [-0.25, -0.2) is 0 Å². The van der Waals surface area contributed by atoms with Crippen LogP contribution in [0.5, 0.6) is 0 Å². The van der Waals surface area contributed by atoms with Gasteiger partial charge in [0.2, 0.25) is 5.91 Å². The van der Waals surface area contributed by atoms with E-state index in [1.54, 1.807) is 11.3 Å². The lowest BCUT2D eigenvalue weighted by molar-refractivity contribution is -0.120. The second-order valence-electron chi connectivity index (χ2n) is 4.71. The van der Waals surface area contributed by atoms with Crippen LogP contribution in [0.2, 0.25) is 0 Å². The summed E-state index contributed by atoms with van der Waals surface area (Å²) in [4.78, 5) is 13.0. The summed E-state index contributed by atoms with van der Waals surface area (Å²) in [5.74, 6) is 0.00506. The molecule has 0 aliphatic rings. The van der Waals surface area contributed by atoms with Crippen molar-refractivity contribution in [3.05, 3.63) is 52.2 Å². The van der Waals surface area contributed by atoms with E-state index in [2.05, 4.69) is 29.7 Å². The molecule has 0 radical (unpaired) electrons. The van der Waals surface area contributed by atoms with Gasteiger partial charge in [0.1, 0.15) is 0 Å². The van der Waals surface area contributed by atoms with Crippen LogP contribution in [-0.2, 0) is 11.2 Å². The van der Waals surface area contributed by atoms with E-state index < -0.39 is 0 Å². The van der Waals surface area contributed by atoms with Crippen LogP contribution in [0, 0.1) is 0 Å². The Kier molecular flexibility index (Phi) is 5.18. The molecule has 106 valence electrons. The number of hydrogen-bond acceptors (Lipinski definition) is 3. The van der Waals surface area contributed by atoms with Gasteiger partial charge in [-0.05, 0) is 42.5 Å². The second-order valence-corrected chi connectivity index (χ2v) is 5.69. The minimum atomic E-state index is 0.00506. The topological polar surface area (TPSA) is 41.1 Å². The maximum Gasteiger partial charge on any atom is 0.239 e. The predicted octanol–water partition coefficient (Wildman–Crippen LogP) is 3.60. The van der Waals surface area contributed by atoms with Gasteiger partial charge in [-0.1, -0.05) is 25.1 Å². The summed E-state index contributed by atoms with van der Waals surface area (Å²) in [6.45, 7) is 4.42. The minimum absolute atomic E-state index is 0.00506. The summed E-state index contributed by atoms with van der Waals surface area (Å²) in [7, 11) is 0. The highest BCUT2D eigenvalue weighted by molar-refractivity contribution is 7.10. The Morgan fingerprint density at radius 1 is 1.25 bits per heavy atom. The molecule has 4 heteroatoms. The first kappa shape index (κ1) is 14.6. The summed E-state index contributed by atoms with van der Waals surface area (Å²) < 4.78 is 0. The largest absolute Gasteiger partial charge is 0.376 e. The fourth-order valence-electron chi connectivity index (χ4n) is 1.94. The van der Waals surface area contributed by atoms with Gasteiger partial charge in [0.05, 0.1) is 12.6 Å². The molecule has 2 aromatic rings. The van der Waals surface area contributed by atoms with Gasteiger partial charge in [0.25, 0.3) is 0 Å². The van der Waals surface area contributed by atoms with Crippen molar-refractivity contribution in [3.63, 3.8) is 0 Å². The number of benzene rings is 1. The van der Waals surface area contributed by atoms with Gasteiger partial charge in [0.15, 0.2) is 0 Å². The molecule has 2 N–H and O–H groups in total. The van der Waals surface area contributed by atoms with Crippen LogP contribution in [0.1, 0.15) is 30.3 Å². The minimum Gasteiger partial charge on any atom is -0.376 e. The van der Waals surface area contributed by atoms with E-state index in [9.17, 15) is 4.79 Å². The molecule has 1 heterocycles. The van der Waals surface area contributed by atoms with Crippen molar-refractivity contribution in [1.29, 1.82) is 0 Å². The van der Waals surface area contributed by atoms with E-state index >= 15 is 0 Å². The zero-order valence-electron chi connectivity index (χ0n) is 11.8. The van der Waals surface area contributed by atoms with E-state index in [4.69, 9.17) is 0 Å². The van der Waals surface area contributed by atoms with Crippen LogP contribution in [0.3, 0.4) is 0 Å². The molecule has 0 saturated carbocycles. The molecule has 1 aromatic carbocycles. The number of amides is 1. The van der Waals surface area contributed by atoms with Crippen LogP contribution in [-0.4, -0.2) is 12.5 Å². The van der Waals surface area contributed by atoms with Gasteiger partial charge in [-0.15, -0.1) is 11.3 Å². The number of carbonyl (C=O) groups excluding carboxylic acids is 1. The van der Waals surface area contributed by atoms with Crippen molar-refractivity contribution in [2.24, 2.45) is 0 Å². The highest BCUT2D eigenvalue weighted by Gasteiger charge is 2.09. The molecule has 0 bridgehead atoms. The van der Waals surface area contributed by atoms with Gasteiger partial charge >= 0.3 is 0 Å². The summed E-state index contributed by atoms with van der Waals surface area (Å²) >= 11 is 1.66. The quantitative estimate of drug-likeness (QED) is 0.852. The van der Waals surface area contributed by atoms with Gasteiger partial charge in [0, 0.05) is 10.6 Å². The summed E-state index contributed by atoms with van der Waals surface area (Å²) in [6, 6.07) is 12.3. The molecule has 0 spiro atoms. The third-order valence-electron chi connectivity index (χ3n) is 3.16. The van der Waals surface area contributed by atoms with Crippen molar-refractivity contribution in [2.45, 2.75) is 26.3 Å². The number of thiophene rings is 1. The van der Waals surface area contributed by atoms with Gasteiger partial charge in [-0.2, -0.15) is 0 Å². The molecule has 1 aromatic heterocycles. The number of hydrogen-bond donors (Lipinski definition) is 2. The first-order chi connectivity index (χ1) is 9.69. The fraction of sp³-hybridized carbons (Fsp3) is 0.312. The Morgan fingerprint density at radius 3 is 2.60 bits per heavy atom. The molecule has 2 rings (SSSR count). The van der Waals surface area contributed by atoms with E-state index in [1.165, 1.54) is 10.4 Å². The molecular weight excluding hydrogens is 268 g/mol. The Bertz CT molecular complexity index is 534. The van der Waals surface area contributed by atoms with Crippen LogP contribution in [0.4, 0.5) is 5.69 Å². The van der Waals surface area contributed by atoms with Gasteiger partial charge in [-0.3, -0.25) is 4.79 Å². The lowest BCUT2D eigenvalue weighted by Gasteiger charge is -2.13. The Balaban J connectivity index is 1.79. The van der Waals surface area contributed by atoms with Crippen LogP contribution in [0.25, 0.3) is 0 Å². The van der Waals surface area contributed by atoms with Crippen molar-refractivity contribution in [1.82, 2.24) is 5.32 Å². The molecule has 0 aliphatic carbocycles. The molecule has 0 aliphatic heterocycles. The molecule has 3 nitrogen and oxygen atoms in total. The molecule has 1 unspecified atom stereocenters. The molecular formula is C16H20N2OS. The lowest BCUT2D eigenvalue weighted by Crippen LogP contribution is -2.31. The highest BCUT2D eigenvalue weighted by Crippen LogP contribution is 2.17. The molecule has 0 saturated heterocycles. The van der Waals surface area contributed by atoms with E-state index in [0.29, 0.717) is 6.54 Å². The Hall–Kier alpha value is -1.81. The molecule has 1 atom stereocenters. The number of anilines is 1. The second kappa shape index (κ2) is 7.10. The molecule has 20 heavy (non-hydrogen) atoms. The standard InChI is InChI=1S/C16H20N2OS/c1-3-13-6-8-14(9-7-13)17-11-16(19)18-12(2)15-5-4-10-20-15/h4-10,12,17H,3,11H2,1-2H3,(H,18,19). The van der Waals surface area contributed by atoms with Crippen molar-refractivity contribution >= 4 is 22.9 Å². The van der Waals surface area contributed by atoms with Gasteiger partial charge < -0.3 is 10.6 Å². The maximum atomic E-state index is 11.9. The SMILES string of the molecule is CCc1ccc(NCC(=O)NC(C)c2cccs2)cc1. The average molecular weight is 288 g/mol. The molecule has 0 fully saturated rings. The monoisotopic (exact) mass is 288 g/mol. The van der Waals surface area contributed by atoms with E-state index in [0.717, 1.165) is 12.1 Å². The first-order valence-electron chi connectivity index (χ1n) is 6.84. The fourth-order valence-corrected chi connectivity index (χ4v) is 2.68. The number of rotatable bonds is 6. The zero-order valence-corrected chi connectivity index (χ0v) is 12.7. The maximum absolute atomic E-state index is 11.9. The number of carbonyl (C=O) groups is 1. The summed E-state index contributed by atoms with van der Waals surface area (Å²) in [6.07, 6.45) is 1.03. The first-order valence-corrected chi connectivity index (χ1v) is 7.72. The van der Waals surface area contributed by atoms with Crippen LogP contribution < -0.4 is 10.6 Å². The Morgan fingerprint density at radius 2 is 2.00 bits per heavy atom. The lowest BCUT2D eigenvalue weighted by atomic mass is 10.1. The third kappa shape index (κ3) is 4.10. The van der Waals surface area contributed by atoms with E-state index in [1.807, 2.05) is 36.6 Å². The molecule has 1 amide bonds. The highest BCUT2D eigenvalue weighted by atomic mass is 32.1. The van der Waals surface area contributed by atoms with E-state index in [-0.39, 0.29) is 11.9 Å². The van der Waals surface area contributed by atoms with Crippen LogP contribution >= 0.6 is 11.3 Å². The van der Waals surface area contributed by atoms with Crippen molar-refractivity contribution < 1.29 is 4.79 Å². The number of aryl methyl sites for hydroxylation is 1. The summed E-state index contributed by atoms with van der Waals surface area (Å²) in [5, 5.41) is 8.14. The van der Waals surface area contributed by atoms with Crippen LogP contribution in [0.15, 0.2) is 41.8 Å². The van der Waals surface area contributed by atoms with Crippen molar-refractivity contribution in [2.75, 3.05) is 11.9 Å². The number of nitrogens with one attached hydrogen (secondary N) is 2. The third-order valence-corrected chi connectivity index (χ3v) is 4.22. The zero-order chi connectivity index (χ0) is 14.4. The normalized spacial score (nSPS) is 11.9. The summed E-state index contributed by atoms with van der Waals surface area (Å²) in [5.41, 5.74) is 2.27. The smallest absolute Gasteiger partial charge is 0.239 e. The predicted molar refractivity (Wildman–Crippen MR) is 85.2 cm³/mol. The average Bonchev–Trinajstić information content (AvgIpc) is 3.00. The van der Waals surface area contributed by atoms with Crippen molar-refractivity contribution in [3.8, 4) is 0 Å².